The van der Waals surface area contributed by atoms with Gasteiger partial charge in [-0.15, -0.1) is 0 Å². The Hall–Kier alpha value is -4.03. The fourth-order valence-electron chi connectivity index (χ4n) is 9.80. The van der Waals surface area contributed by atoms with E-state index in [2.05, 4.69) is 54.9 Å². The number of ketones is 1. The maximum Gasteiger partial charge on any atom is 0.303 e. The molecule has 7 rings (SSSR count). The Morgan fingerprint density at radius 3 is 2.65 bits per heavy atom. The Kier molecular flexibility index (Phi) is 6.41. The zero-order chi connectivity index (χ0) is 29.8. The van der Waals surface area contributed by atoms with Crippen molar-refractivity contribution in [2.24, 2.45) is 34.5 Å². The average Bonchev–Trinajstić information content (AvgIpc) is 3.68. The molecule has 3 saturated carbocycles. The number of allylic oxidation sites excluding steroid dienone is 3. The van der Waals surface area contributed by atoms with Crippen LogP contribution in [0, 0.1) is 34.5 Å². The van der Waals surface area contributed by atoms with Crippen LogP contribution in [0.5, 0.6) is 0 Å². The number of esters is 1. The Morgan fingerprint density at radius 1 is 1.21 bits per heavy atom. The van der Waals surface area contributed by atoms with Gasteiger partial charge in [-0.25, -0.2) is 4.68 Å². The van der Waals surface area contributed by atoms with E-state index >= 15 is 0 Å². The molecule has 2 N–H and O–H groups in total. The zero-order valence-corrected chi connectivity index (χ0v) is 28.1. The van der Waals surface area contributed by atoms with E-state index in [1.165, 1.54) is 42.0 Å². The van der Waals surface area contributed by atoms with Crippen LogP contribution in [0.4, 0.5) is 0 Å². The van der Waals surface area contributed by atoms with Crippen LogP contribution in [0.2, 0.25) is 0 Å². The van der Waals surface area contributed by atoms with Crippen molar-refractivity contribution in [1.29, 1.82) is 0 Å². The number of fused-ring (bicyclic) bond motifs is 6. The smallest absolute Gasteiger partial charge is 0.303 e. The molecule has 0 spiro atoms. The van der Waals surface area contributed by atoms with Gasteiger partial charge in [-0.2, -0.15) is 5.10 Å². The molecule has 8 unspecified atom stereocenters. The second kappa shape index (κ2) is 9.48. The summed E-state index contributed by atoms with van der Waals surface area (Å²) in [5, 5.41) is 28.9. The zero-order valence-electron chi connectivity index (χ0n) is 25.6. The topological polar surface area (TPSA) is 102 Å². The van der Waals surface area contributed by atoms with Crippen LogP contribution in [0.25, 0.3) is 11.8 Å². The number of rotatable bonds is 5. The molecule has 0 aliphatic heterocycles. The van der Waals surface area contributed by atoms with Crippen LogP contribution in [0.1, 0.15) is 83.0 Å². The van der Waals surface area contributed by atoms with Crippen LogP contribution < -0.4 is 0 Å². The monoisotopic (exact) mass is 822 g/mol. The standard InChI is InChI=1S/C35H42N2O5.Es/c1-19-11-26-28-12-20(2)35(41,31(40)18-42-21(3)38)34(28,5)16-30(39)32(26)33(4)15-24-17-36-37(29(24)14-27(19)33)25-8-6-7-23(13-25)22-9-10-22;/h6-8,11,13-14,17,20,22,26,28,30,32,39,41H,9-10,12,15-16,18H2,1-5H3;. The summed E-state index contributed by atoms with van der Waals surface area (Å²) in [5.74, 6) is -0.701. The van der Waals surface area contributed by atoms with E-state index in [4.69, 9.17) is 9.84 Å². The largest absolute Gasteiger partial charge is 0.458 e. The molecular formula is C35H42EsN2O5. The molecule has 3 fully saturated rings. The van der Waals surface area contributed by atoms with Crippen LogP contribution in [0.15, 0.2) is 47.7 Å². The molecule has 5 aliphatic carbocycles. The minimum absolute atomic E-state index is 0. The molecule has 8 heteroatoms. The molecule has 2 aromatic rings. The van der Waals surface area contributed by atoms with Gasteiger partial charge in [-0.05, 0) is 97.6 Å². The van der Waals surface area contributed by atoms with E-state index in [1.54, 1.807) is 0 Å². The van der Waals surface area contributed by atoms with Gasteiger partial charge in [0.1, 0.15) is 5.60 Å². The number of ether oxygens (including phenoxy) is 1. The maximum absolute atomic E-state index is 13.4. The van der Waals surface area contributed by atoms with Crippen molar-refractivity contribution in [3.8, 4) is 5.69 Å². The fraction of sp³-hybridized carbons (Fsp3) is 0.571. The minimum atomic E-state index is -1.67. The predicted octanol–water partition coefficient (Wildman–Crippen LogP) is 5.18. The Morgan fingerprint density at radius 2 is 1.95 bits per heavy atom. The van der Waals surface area contributed by atoms with Gasteiger partial charge in [0.25, 0.3) is 0 Å². The van der Waals surface area contributed by atoms with Gasteiger partial charge in [-0.3, -0.25) is 9.59 Å². The maximum atomic E-state index is 13.4. The molecule has 43 heavy (non-hydrogen) atoms. The van der Waals surface area contributed by atoms with Crippen molar-refractivity contribution in [3.63, 3.8) is 0 Å². The first-order valence-corrected chi connectivity index (χ1v) is 15.5. The molecule has 1 aromatic carbocycles. The van der Waals surface area contributed by atoms with E-state index in [1.807, 2.05) is 20.0 Å². The Labute approximate surface area is 247 Å². The van der Waals surface area contributed by atoms with E-state index in [0.717, 1.165) is 17.8 Å². The van der Waals surface area contributed by atoms with Crippen molar-refractivity contribution in [1.82, 2.24) is 9.78 Å². The molecule has 5 aliphatic rings. The van der Waals surface area contributed by atoms with E-state index < -0.39 is 35.5 Å². The van der Waals surface area contributed by atoms with Crippen LogP contribution >= 0.6 is 0 Å². The SMILES string of the molecule is CC(=O)OCC(=O)C1(O)C(C)CC2C3C=C(C)C4=Cc5c(cnn5-c5cccc(C6CC6)c5)CC4(C)C3C(O)CC21C.[Es]. The summed E-state index contributed by atoms with van der Waals surface area (Å²) in [6, 6.07) is 8.74. The molecule has 0 bridgehead atoms. The number of hydrogen-bond acceptors (Lipinski definition) is 6. The average molecular weight is 823 g/mol. The van der Waals surface area contributed by atoms with Gasteiger partial charge >= 0.3 is 5.97 Å². The number of nitrogens with zero attached hydrogens (tertiary/aromatic N) is 2. The van der Waals surface area contributed by atoms with Gasteiger partial charge in [0.2, 0.25) is 5.78 Å². The number of carbonyl (C=O) groups excluding carboxylic acids is 2. The Bertz CT molecular complexity index is 1560. The molecule has 233 valence electrons. The fourth-order valence-corrected chi connectivity index (χ4v) is 9.80. The van der Waals surface area contributed by atoms with E-state index in [0.29, 0.717) is 18.8 Å². The first-order chi connectivity index (χ1) is 19.9. The van der Waals surface area contributed by atoms with Crippen LogP contribution in [-0.4, -0.2) is 50.1 Å². The van der Waals surface area contributed by atoms with Gasteiger partial charge in [-0.1, -0.05) is 44.6 Å². The van der Waals surface area contributed by atoms with E-state index in [-0.39, 0.29) is 29.1 Å². The molecule has 1 aromatic heterocycles. The van der Waals surface area contributed by atoms with Gasteiger partial charge in [0.15, 0.2) is 6.61 Å². The van der Waals surface area contributed by atoms with Crippen molar-refractivity contribution in [2.45, 2.75) is 84.3 Å². The molecule has 1 radical (unpaired) electrons. The molecule has 0 saturated heterocycles. The second-order valence-corrected chi connectivity index (χ2v) is 14.3. The predicted molar refractivity (Wildman–Crippen MR) is 159 cm³/mol. The number of aromatic nitrogens is 2. The van der Waals surface area contributed by atoms with Crippen molar-refractivity contribution in [2.75, 3.05) is 6.61 Å². The summed E-state index contributed by atoms with van der Waals surface area (Å²) in [4.78, 5) is 24.9. The van der Waals surface area contributed by atoms with Crippen molar-refractivity contribution < 1.29 is 24.5 Å². The van der Waals surface area contributed by atoms with Crippen molar-refractivity contribution >= 4 is 17.8 Å². The van der Waals surface area contributed by atoms with Crippen LogP contribution in [-0.2, 0) is 20.7 Å². The summed E-state index contributed by atoms with van der Waals surface area (Å²) in [6.45, 7) is 9.14. The minimum Gasteiger partial charge on any atom is -0.458 e. The summed E-state index contributed by atoms with van der Waals surface area (Å²) in [5.41, 5.74) is 4.36. The van der Waals surface area contributed by atoms with Crippen LogP contribution in [0.3, 0.4) is 0 Å². The summed E-state index contributed by atoms with van der Waals surface area (Å²) < 4.78 is 7.11. The summed E-state index contributed by atoms with van der Waals surface area (Å²) >= 11 is 0. The number of benzene rings is 1. The van der Waals surface area contributed by atoms with Gasteiger partial charge in [0.05, 0.1) is 23.7 Å². The molecule has 7 nitrogen and oxygen atoms in total. The summed E-state index contributed by atoms with van der Waals surface area (Å²) in [7, 11) is 0. The normalized spacial score (nSPS) is 37.5. The molecule has 0 amide bonds. The third-order valence-corrected chi connectivity index (χ3v) is 11.9. The van der Waals surface area contributed by atoms with Gasteiger partial charge in [0, 0.05) is 23.7 Å². The molecular weight excluding hydrogens is 780 g/mol. The quantitative estimate of drug-likeness (QED) is 0.404. The first-order valence-electron chi connectivity index (χ1n) is 15.5. The Balaban J connectivity index is 0.00000329. The van der Waals surface area contributed by atoms with Crippen molar-refractivity contribution in [3.05, 3.63) is 64.5 Å². The molecule has 8 atom stereocenters. The molecule has 1 heterocycles. The first kappa shape index (κ1) is 29.1. The number of hydrogen-bond donors (Lipinski definition) is 2. The number of carbonyl (C=O) groups is 2. The summed E-state index contributed by atoms with van der Waals surface area (Å²) in [6.07, 6.45) is 10.2. The van der Waals surface area contributed by atoms with Gasteiger partial charge < -0.3 is 14.9 Å². The number of aliphatic hydroxyl groups is 2. The number of aliphatic hydroxyl groups excluding tert-OH is 1. The second-order valence-electron chi connectivity index (χ2n) is 14.3. The third kappa shape index (κ3) is 3.92. The number of Topliss-reactive ketones (excluding diaryl/α,β-unsaturated/α-hetero) is 1. The van der Waals surface area contributed by atoms with E-state index in [9.17, 15) is 19.8 Å². The third-order valence-electron chi connectivity index (χ3n) is 11.9.